The number of H-pyrrole nitrogens is 1. The first-order valence-electron chi connectivity index (χ1n) is 16.1. The number of rotatable bonds is 8. The van der Waals surface area contributed by atoms with E-state index in [0.29, 0.717) is 24.2 Å². The fourth-order valence-electron chi connectivity index (χ4n) is 9.50. The van der Waals surface area contributed by atoms with Gasteiger partial charge in [-0.05, 0) is 99.2 Å². The number of amides is 1. The molecule has 2 aromatic rings. The number of benzene rings is 1. The summed E-state index contributed by atoms with van der Waals surface area (Å²) in [5, 5.41) is 19.5. The molecule has 4 aliphatic rings. The quantitative estimate of drug-likeness (QED) is 0.287. The largest absolute Gasteiger partial charge is 0.467 e. The first-order chi connectivity index (χ1) is 21.0. The molecule has 1 amide bonds. The predicted octanol–water partition coefficient (Wildman–Crippen LogP) is 5.02. The number of nitrogens with one attached hydrogen (secondary N) is 2. The summed E-state index contributed by atoms with van der Waals surface area (Å²) in [4.78, 5) is 46.5. The highest BCUT2D eigenvalue weighted by Crippen LogP contribution is 2.67. The van der Waals surface area contributed by atoms with Gasteiger partial charge in [-0.1, -0.05) is 42.8 Å². The molecule has 1 aromatic heterocycles. The summed E-state index contributed by atoms with van der Waals surface area (Å²) in [6.07, 6.45) is 11.4. The minimum atomic E-state index is -1.19. The van der Waals surface area contributed by atoms with E-state index in [1.165, 1.54) is 12.7 Å². The summed E-state index contributed by atoms with van der Waals surface area (Å²) in [7, 11) is 1.31. The minimum absolute atomic E-state index is 0.0632. The monoisotopic (exact) mass is 603 g/mol. The van der Waals surface area contributed by atoms with Crippen LogP contribution in [0.5, 0.6) is 0 Å². The number of carbonyl (C=O) groups is 3. The van der Waals surface area contributed by atoms with E-state index in [0.717, 1.165) is 67.1 Å². The van der Waals surface area contributed by atoms with Crippen molar-refractivity contribution in [3.63, 3.8) is 0 Å². The Morgan fingerprint density at radius 3 is 2.64 bits per heavy atom. The van der Waals surface area contributed by atoms with Gasteiger partial charge in [0.05, 0.1) is 12.8 Å². The Balaban J connectivity index is 1.08. The maximum Gasteiger partial charge on any atom is 0.328 e. The van der Waals surface area contributed by atoms with E-state index in [9.17, 15) is 19.5 Å². The number of ether oxygens (including phenoxy) is 1. The number of methoxy groups -OCH3 is 1. The van der Waals surface area contributed by atoms with Crippen LogP contribution < -0.4 is 5.32 Å². The summed E-state index contributed by atoms with van der Waals surface area (Å²) in [6.45, 7) is 5.80. The van der Waals surface area contributed by atoms with E-state index in [1.54, 1.807) is 6.92 Å². The Labute approximate surface area is 258 Å². The number of allylic oxidation sites excluding steroid dienone is 2. The van der Waals surface area contributed by atoms with Crippen molar-refractivity contribution in [2.24, 2.45) is 33.7 Å². The topological polar surface area (TPSA) is 130 Å². The highest BCUT2D eigenvalue weighted by molar-refractivity contribution is 5.96. The highest BCUT2D eigenvalue weighted by Gasteiger charge is 2.65. The number of Topliss-reactive ketones (excluding diaryl/α,β-unsaturated/α-hetero) is 1. The average molecular weight is 604 g/mol. The van der Waals surface area contributed by atoms with Crippen LogP contribution >= 0.6 is 0 Å². The van der Waals surface area contributed by atoms with Gasteiger partial charge in [0.2, 0.25) is 0 Å². The molecule has 3 fully saturated rings. The number of nitrogens with zero attached hydrogens (tertiary/aromatic N) is 1. The molecule has 4 aliphatic carbocycles. The molecule has 7 atom stereocenters. The molecule has 0 spiro atoms. The van der Waals surface area contributed by atoms with Gasteiger partial charge in [-0.2, -0.15) is 0 Å². The van der Waals surface area contributed by atoms with Gasteiger partial charge >= 0.3 is 5.97 Å². The lowest BCUT2D eigenvalue weighted by Crippen LogP contribution is -2.57. The van der Waals surface area contributed by atoms with E-state index in [2.05, 4.69) is 35.4 Å². The number of oxime groups is 1. The normalized spacial score (nSPS) is 34.3. The molecular formula is C35H45N3O6. The van der Waals surface area contributed by atoms with Crippen LogP contribution in [-0.2, 0) is 30.4 Å². The van der Waals surface area contributed by atoms with E-state index < -0.39 is 23.5 Å². The number of esters is 1. The summed E-state index contributed by atoms with van der Waals surface area (Å²) in [5.74, 6) is 0.366. The van der Waals surface area contributed by atoms with Crippen molar-refractivity contribution in [1.82, 2.24) is 10.3 Å². The zero-order valence-electron chi connectivity index (χ0n) is 26.3. The molecule has 9 heteroatoms. The predicted molar refractivity (Wildman–Crippen MR) is 167 cm³/mol. The molecule has 0 aliphatic heterocycles. The maximum absolute atomic E-state index is 12.8. The number of carbonyl (C=O) groups excluding carboxylic acids is 3. The Bertz CT molecular complexity index is 1530. The van der Waals surface area contributed by atoms with Crippen LogP contribution in [-0.4, -0.2) is 58.8 Å². The first-order valence-corrected chi connectivity index (χ1v) is 16.1. The van der Waals surface area contributed by atoms with Crippen LogP contribution in [0.25, 0.3) is 10.9 Å². The highest BCUT2D eigenvalue weighted by atomic mass is 16.6. The van der Waals surface area contributed by atoms with Crippen molar-refractivity contribution in [1.29, 1.82) is 0 Å². The zero-order chi connectivity index (χ0) is 31.3. The molecule has 3 saturated carbocycles. The minimum Gasteiger partial charge on any atom is -0.467 e. The van der Waals surface area contributed by atoms with Gasteiger partial charge < -0.3 is 25.0 Å². The number of hydrogen-bond donors (Lipinski definition) is 3. The number of fused-ring (bicyclic) bond motifs is 6. The maximum atomic E-state index is 12.8. The van der Waals surface area contributed by atoms with E-state index in [4.69, 9.17) is 9.57 Å². The molecule has 236 valence electrons. The van der Waals surface area contributed by atoms with Crippen LogP contribution in [0, 0.1) is 28.6 Å². The molecule has 1 heterocycles. The summed E-state index contributed by atoms with van der Waals surface area (Å²) >= 11 is 0. The van der Waals surface area contributed by atoms with E-state index in [1.807, 2.05) is 30.5 Å². The van der Waals surface area contributed by atoms with Gasteiger partial charge in [0.15, 0.2) is 12.4 Å². The second-order valence-corrected chi connectivity index (χ2v) is 14.0. The standard InChI is InChI=1S/C35H45N3O6/c1-21(39)35(42)16-13-28-26-10-9-23-18-24(11-14-33(23,2)27(26)12-15-34(28,35)3)38-44-20-31(40)37-30(32(41)43-4)17-22-19-36-29-8-6-5-7-25(22)29/h5-8,18-19,26-28,30,36,42H,9-17,20H2,1-4H3,(H,37,40)/t26-,27+,28+,30-,33-,34-,35-/m0/s1. The van der Waals surface area contributed by atoms with Gasteiger partial charge in [0.1, 0.15) is 11.6 Å². The van der Waals surface area contributed by atoms with Crippen LogP contribution in [0.1, 0.15) is 77.7 Å². The van der Waals surface area contributed by atoms with Crippen LogP contribution in [0.4, 0.5) is 0 Å². The molecule has 3 N–H and O–H groups in total. The van der Waals surface area contributed by atoms with Crippen molar-refractivity contribution in [2.45, 2.75) is 90.2 Å². The van der Waals surface area contributed by atoms with E-state index >= 15 is 0 Å². The lowest BCUT2D eigenvalue weighted by Gasteiger charge is -2.59. The lowest BCUT2D eigenvalue weighted by atomic mass is 9.46. The van der Waals surface area contributed by atoms with Crippen molar-refractivity contribution in [3.8, 4) is 0 Å². The third kappa shape index (κ3) is 4.97. The van der Waals surface area contributed by atoms with Crippen molar-refractivity contribution >= 4 is 34.3 Å². The van der Waals surface area contributed by atoms with Gasteiger partial charge in [0, 0.05) is 28.9 Å². The Morgan fingerprint density at radius 1 is 1.09 bits per heavy atom. The number of para-hydroxylation sites is 1. The first kappa shape index (κ1) is 30.6. The summed E-state index contributed by atoms with van der Waals surface area (Å²) in [5.41, 5.74) is 2.63. The molecule has 44 heavy (non-hydrogen) atoms. The lowest BCUT2D eigenvalue weighted by molar-refractivity contribution is -0.159. The van der Waals surface area contributed by atoms with Crippen molar-refractivity contribution < 1.29 is 29.1 Å². The fraction of sp³-hybridized carbons (Fsp3) is 0.600. The third-order valence-corrected chi connectivity index (χ3v) is 12.0. The molecule has 0 bridgehead atoms. The Kier molecular flexibility index (Phi) is 7.97. The van der Waals surface area contributed by atoms with Gasteiger partial charge in [-0.15, -0.1) is 0 Å². The van der Waals surface area contributed by atoms with Crippen LogP contribution in [0.15, 0.2) is 47.3 Å². The molecule has 0 saturated heterocycles. The van der Waals surface area contributed by atoms with Crippen molar-refractivity contribution in [2.75, 3.05) is 13.7 Å². The number of aliphatic hydroxyl groups is 1. The van der Waals surface area contributed by atoms with Crippen LogP contribution in [0.2, 0.25) is 0 Å². The van der Waals surface area contributed by atoms with Gasteiger partial charge in [-0.3, -0.25) is 9.59 Å². The Hall–Kier alpha value is -3.46. The second kappa shape index (κ2) is 11.5. The molecule has 1 aromatic carbocycles. The van der Waals surface area contributed by atoms with Crippen LogP contribution in [0.3, 0.4) is 0 Å². The number of aromatic amines is 1. The third-order valence-electron chi connectivity index (χ3n) is 12.0. The average Bonchev–Trinajstić information content (AvgIpc) is 3.54. The molecular weight excluding hydrogens is 558 g/mol. The number of ketones is 1. The SMILES string of the molecule is COC(=O)[C@H](Cc1c[nH]c2ccccc12)NC(=O)CON=C1C=C2CC[C@H]3[C@@H](CC[C@@]4(C)[C@@H]3CC[C@]4(O)C(C)=O)[C@@]2(C)CC1. The second-order valence-electron chi connectivity index (χ2n) is 14.0. The molecule has 0 radical (unpaired) electrons. The van der Waals surface area contributed by atoms with Gasteiger partial charge in [0.25, 0.3) is 5.91 Å². The van der Waals surface area contributed by atoms with Crippen molar-refractivity contribution in [3.05, 3.63) is 47.7 Å². The zero-order valence-corrected chi connectivity index (χ0v) is 26.3. The van der Waals surface area contributed by atoms with E-state index in [-0.39, 0.29) is 29.6 Å². The number of hydrogen-bond acceptors (Lipinski definition) is 7. The Morgan fingerprint density at radius 2 is 1.86 bits per heavy atom. The fourth-order valence-corrected chi connectivity index (χ4v) is 9.50. The molecule has 9 nitrogen and oxygen atoms in total. The summed E-state index contributed by atoms with van der Waals surface area (Å²) in [6, 6.07) is 6.96. The molecule has 6 rings (SSSR count). The van der Waals surface area contributed by atoms with Gasteiger partial charge in [-0.25, -0.2) is 4.79 Å². The summed E-state index contributed by atoms with van der Waals surface area (Å²) < 4.78 is 4.95. The smallest absolute Gasteiger partial charge is 0.328 e. The number of aromatic nitrogens is 1. The molecule has 0 unspecified atom stereocenters.